The summed E-state index contributed by atoms with van der Waals surface area (Å²) in [5, 5.41) is -0.673. The van der Waals surface area contributed by atoms with Gasteiger partial charge in [-0.1, -0.05) is 18.2 Å². The molecule has 0 saturated heterocycles. The molecule has 3 rings (SSSR count). The lowest BCUT2D eigenvalue weighted by Gasteiger charge is -2.17. The monoisotopic (exact) mass is 389 g/mol. The zero-order valence-corrected chi connectivity index (χ0v) is 16.4. The fourth-order valence-corrected chi connectivity index (χ4v) is 4.38. The summed E-state index contributed by atoms with van der Waals surface area (Å²) in [5.41, 5.74) is 3.95. The Hall–Kier alpha value is -2.29. The number of carbonyl (C=O) groups is 1. The number of carbonyl (C=O) groups excluding carboxylic acids is 1. The summed E-state index contributed by atoms with van der Waals surface area (Å²) in [6, 6.07) is 9.00. The van der Waals surface area contributed by atoms with Crippen molar-refractivity contribution in [1.29, 1.82) is 0 Å². The number of hydrogen-bond donors (Lipinski definition) is 1. The summed E-state index contributed by atoms with van der Waals surface area (Å²) >= 11 is 0. The summed E-state index contributed by atoms with van der Waals surface area (Å²) in [4.78, 5) is 17.7. The molecule has 1 aliphatic heterocycles. The van der Waals surface area contributed by atoms with Crippen molar-refractivity contribution in [3.05, 3.63) is 64.5 Å². The molecule has 0 fully saturated rings. The van der Waals surface area contributed by atoms with Gasteiger partial charge in [-0.2, -0.15) is 0 Å². The third-order valence-corrected chi connectivity index (χ3v) is 6.51. The van der Waals surface area contributed by atoms with Crippen molar-refractivity contribution in [2.45, 2.75) is 31.8 Å². The van der Waals surface area contributed by atoms with Gasteiger partial charge in [-0.25, -0.2) is 17.9 Å². The van der Waals surface area contributed by atoms with Crippen LogP contribution in [-0.4, -0.2) is 38.4 Å². The summed E-state index contributed by atoms with van der Waals surface area (Å²) in [6.07, 6.45) is 1.37. The average molecular weight is 389 g/mol. The first-order valence-corrected chi connectivity index (χ1v) is 10.2. The van der Waals surface area contributed by atoms with E-state index in [0.29, 0.717) is 11.3 Å². The number of methoxy groups -OCH3 is 1. The van der Waals surface area contributed by atoms with Crippen LogP contribution in [0.15, 0.2) is 36.5 Å². The van der Waals surface area contributed by atoms with Crippen LogP contribution in [0.3, 0.4) is 0 Å². The number of fused-ring (bicyclic) bond motifs is 1. The van der Waals surface area contributed by atoms with E-state index in [1.165, 1.54) is 18.9 Å². The quantitative estimate of drug-likeness (QED) is 0.760. The molecule has 0 spiro atoms. The van der Waals surface area contributed by atoms with Crippen molar-refractivity contribution < 1.29 is 17.9 Å². The van der Waals surface area contributed by atoms with Gasteiger partial charge in [0, 0.05) is 19.3 Å². The van der Waals surface area contributed by atoms with E-state index in [9.17, 15) is 13.2 Å². The molecule has 0 bridgehead atoms. The third-order valence-electron chi connectivity index (χ3n) is 4.78. The highest BCUT2D eigenvalue weighted by atomic mass is 32.2. The van der Waals surface area contributed by atoms with Gasteiger partial charge in [0.05, 0.1) is 30.2 Å². The molecule has 1 aromatic carbocycles. The Labute approximate surface area is 159 Å². The SMILES string of the molecule is COC(=O)c1ccc(CNS(=O)(=O)C(C)c2cccc3c2CN(C)C3)nc1. The number of sulfonamides is 1. The lowest BCUT2D eigenvalue weighted by molar-refractivity contribution is 0.0600. The summed E-state index contributed by atoms with van der Waals surface area (Å²) in [7, 11) is -0.268. The summed E-state index contributed by atoms with van der Waals surface area (Å²) < 4.78 is 32.8. The molecule has 0 radical (unpaired) electrons. The first-order chi connectivity index (χ1) is 12.8. The molecular weight excluding hydrogens is 366 g/mol. The molecule has 144 valence electrons. The van der Waals surface area contributed by atoms with Crippen LogP contribution in [-0.2, 0) is 34.4 Å². The maximum atomic E-state index is 12.8. The van der Waals surface area contributed by atoms with Crippen LogP contribution in [0.1, 0.15) is 44.9 Å². The Morgan fingerprint density at radius 3 is 2.74 bits per heavy atom. The van der Waals surface area contributed by atoms with E-state index in [1.807, 2.05) is 25.2 Å². The minimum atomic E-state index is -3.58. The van der Waals surface area contributed by atoms with E-state index in [1.54, 1.807) is 19.1 Å². The predicted octanol–water partition coefficient (Wildman–Crippen LogP) is 1.99. The summed E-state index contributed by atoms with van der Waals surface area (Å²) in [6.45, 7) is 3.34. The molecule has 0 amide bonds. The maximum Gasteiger partial charge on any atom is 0.339 e. The predicted molar refractivity (Wildman–Crippen MR) is 101 cm³/mol. The lowest BCUT2D eigenvalue weighted by Crippen LogP contribution is -2.28. The van der Waals surface area contributed by atoms with Crippen molar-refractivity contribution in [3.63, 3.8) is 0 Å². The number of rotatable bonds is 6. The van der Waals surface area contributed by atoms with E-state index in [2.05, 4.69) is 19.3 Å². The van der Waals surface area contributed by atoms with Crippen LogP contribution in [0.5, 0.6) is 0 Å². The van der Waals surface area contributed by atoms with Crippen LogP contribution >= 0.6 is 0 Å². The zero-order chi connectivity index (χ0) is 19.6. The molecule has 1 aliphatic rings. The molecule has 1 N–H and O–H groups in total. The molecule has 1 unspecified atom stereocenters. The number of nitrogens with zero attached hydrogens (tertiary/aromatic N) is 2. The molecule has 1 atom stereocenters. The highest BCUT2D eigenvalue weighted by Crippen LogP contribution is 2.31. The smallest absolute Gasteiger partial charge is 0.339 e. The fourth-order valence-electron chi connectivity index (χ4n) is 3.23. The van der Waals surface area contributed by atoms with E-state index in [-0.39, 0.29) is 6.54 Å². The zero-order valence-electron chi connectivity index (χ0n) is 15.6. The fraction of sp³-hybridized carbons (Fsp3) is 0.368. The molecule has 7 nitrogen and oxygen atoms in total. The number of esters is 1. The Morgan fingerprint density at radius 2 is 2.07 bits per heavy atom. The van der Waals surface area contributed by atoms with Crippen LogP contribution in [0.4, 0.5) is 0 Å². The van der Waals surface area contributed by atoms with Gasteiger partial charge < -0.3 is 4.74 Å². The second-order valence-electron chi connectivity index (χ2n) is 6.70. The largest absolute Gasteiger partial charge is 0.465 e. The highest BCUT2D eigenvalue weighted by Gasteiger charge is 2.28. The average Bonchev–Trinajstić information content (AvgIpc) is 3.05. The third kappa shape index (κ3) is 4.18. The van der Waals surface area contributed by atoms with Crippen LogP contribution in [0.25, 0.3) is 0 Å². The van der Waals surface area contributed by atoms with Gasteiger partial charge in [0.15, 0.2) is 0 Å². The Kier molecular flexibility index (Phi) is 5.59. The normalized spacial score (nSPS) is 15.4. The van der Waals surface area contributed by atoms with E-state index >= 15 is 0 Å². The minimum absolute atomic E-state index is 0.0586. The van der Waals surface area contributed by atoms with E-state index in [0.717, 1.165) is 24.2 Å². The minimum Gasteiger partial charge on any atom is -0.465 e. The number of aromatic nitrogens is 1. The Balaban J connectivity index is 1.72. The molecule has 1 aromatic heterocycles. The molecule has 0 aliphatic carbocycles. The van der Waals surface area contributed by atoms with Crippen LogP contribution < -0.4 is 4.72 Å². The molecule has 2 heterocycles. The Bertz CT molecular complexity index is 942. The van der Waals surface area contributed by atoms with Crippen molar-refractivity contribution >= 4 is 16.0 Å². The van der Waals surface area contributed by atoms with Gasteiger partial charge in [0.2, 0.25) is 10.0 Å². The van der Waals surface area contributed by atoms with Gasteiger partial charge in [-0.3, -0.25) is 9.88 Å². The van der Waals surface area contributed by atoms with Crippen molar-refractivity contribution in [2.75, 3.05) is 14.2 Å². The second kappa shape index (κ2) is 7.75. The standard InChI is InChI=1S/C19H23N3O4S/c1-13(17-6-4-5-15-11-22(2)12-18(15)17)27(24,25)21-10-16-8-7-14(9-20-16)19(23)26-3/h4-9,13,21H,10-12H2,1-3H3. The number of benzene rings is 1. The van der Waals surface area contributed by atoms with Gasteiger partial charge >= 0.3 is 5.97 Å². The van der Waals surface area contributed by atoms with Crippen LogP contribution in [0, 0.1) is 0 Å². The second-order valence-corrected chi connectivity index (χ2v) is 8.78. The first kappa shape index (κ1) is 19.5. The molecule has 27 heavy (non-hydrogen) atoms. The van der Waals surface area contributed by atoms with Crippen LogP contribution in [0.2, 0.25) is 0 Å². The Morgan fingerprint density at radius 1 is 1.30 bits per heavy atom. The van der Waals surface area contributed by atoms with Gasteiger partial charge in [0.25, 0.3) is 0 Å². The topological polar surface area (TPSA) is 88.6 Å². The lowest BCUT2D eigenvalue weighted by atomic mass is 10.0. The van der Waals surface area contributed by atoms with E-state index < -0.39 is 21.2 Å². The van der Waals surface area contributed by atoms with Crippen molar-refractivity contribution in [1.82, 2.24) is 14.6 Å². The number of ether oxygens (including phenoxy) is 1. The van der Waals surface area contributed by atoms with Gasteiger partial charge in [-0.15, -0.1) is 0 Å². The first-order valence-electron chi connectivity index (χ1n) is 8.62. The maximum absolute atomic E-state index is 12.8. The number of pyridine rings is 1. The molecular formula is C19H23N3O4S. The van der Waals surface area contributed by atoms with E-state index in [4.69, 9.17) is 0 Å². The van der Waals surface area contributed by atoms with Crippen molar-refractivity contribution in [3.8, 4) is 0 Å². The molecule has 2 aromatic rings. The van der Waals surface area contributed by atoms with Crippen molar-refractivity contribution in [2.24, 2.45) is 0 Å². The highest BCUT2D eigenvalue weighted by molar-refractivity contribution is 7.89. The number of hydrogen-bond acceptors (Lipinski definition) is 6. The summed E-state index contributed by atoms with van der Waals surface area (Å²) in [5.74, 6) is -0.480. The van der Waals surface area contributed by atoms with Gasteiger partial charge in [-0.05, 0) is 42.8 Å². The van der Waals surface area contributed by atoms with Gasteiger partial charge in [0.1, 0.15) is 0 Å². The number of nitrogens with one attached hydrogen (secondary N) is 1. The molecule has 8 heteroatoms. The molecule has 0 saturated carbocycles.